The molecule has 140 valence electrons. The van der Waals surface area contributed by atoms with Crippen LogP contribution in [0.4, 0.5) is 21.9 Å². The molecule has 1 aliphatic heterocycles. The van der Waals surface area contributed by atoms with E-state index in [0.717, 1.165) is 0 Å². The number of hydrogen-bond donors (Lipinski definition) is 2. The smallest absolute Gasteiger partial charge is 0.412 e. The second kappa shape index (κ2) is 7.02. The van der Waals surface area contributed by atoms with Crippen LogP contribution in [0.25, 0.3) is 0 Å². The summed E-state index contributed by atoms with van der Waals surface area (Å²) in [4.78, 5) is 39.1. The van der Waals surface area contributed by atoms with Crippen LogP contribution >= 0.6 is 0 Å². The SMILES string of the molecule is CCC1(CC)OC(=O)Nc2cc([N+](=O)[O-])c(NC(=O)c3ccncc3)cc21. The van der Waals surface area contributed by atoms with Gasteiger partial charge in [0.15, 0.2) is 0 Å². The van der Waals surface area contributed by atoms with Gasteiger partial charge in [0, 0.05) is 29.6 Å². The molecule has 2 aromatic rings. The minimum Gasteiger partial charge on any atom is -0.438 e. The fourth-order valence-corrected chi connectivity index (χ4v) is 3.16. The van der Waals surface area contributed by atoms with Crippen LogP contribution in [0.3, 0.4) is 0 Å². The highest BCUT2D eigenvalue weighted by molar-refractivity contribution is 6.06. The van der Waals surface area contributed by atoms with E-state index in [1.165, 1.54) is 36.7 Å². The molecule has 9 heteroatoms. The molecule has 0 fully saturated rings. The van der Waals surface area contributed by atoms with E-state index in [0.29, 0.717) is 29.7 Å². The molecular formula is C18H18N4O5. The number of ether oxygens (including phenoxy) is 1. The third-order valence-corrected chi connectivity index (χ3v) is 4.68. The number of amides is 2. The van der Waals surface area contributed by atoms with Gasteiger partial charge in [-0.15, -0.1) is 0 Å². The lowest BCUT2D eigenvalue weighted by Gasteiger charge is -2.37. The molecule has 2 amide bonds. The largest absolute Gasteiger partial charge is 0.438 e. The van der Waals surface area contributed by atoms with Crippen LogP contribution < -0.4 is 10.6 Å². The molecule has 0 saturated carbocycles. The van der Waals surface area contributed by atoms with Crippen LogP contribution in [0, 0.1) is 10.1 Å². The first-order valence-corrected chi connectivity index (χ1v) is 8.44. The average Bonchev–Trinajstić information content (AvgIpc) is 2.67. The summed E-state index contributed by atoms with van der Waals surface area (Å²) >= 11 is 0. The molecule has 9 nitrogen and oxygen atoms in total. The highest BCUT2D eigenvalue weighted by atomic mass is 16.6. The number of nitrogens with one attached hydrogen (secondary N) is 2. The topological polar surface area (TPSA) is 123 Å². The van der Waals surface area contributed by atoms with Crippen LogP contribution in [-0.4, -0.2) is 21.9 Å². The predicted octanol–water partition coefficient (Wildman–Crippen LogP) is 3.82. The highest BCUT2D eigenvalue weighted by Gasteiger charge is 2.41. The molecule has 27 heavy (non-hydrogen) atoms. The Balaban J connectivity index is 2.10. The van der Waals surface area contributed by atoms with E-state index < -0.39 is 22.5 Å². The number of carbonyl (C=O) groups excluding carboxylic acids is 2. The van der Waals surface area contributed by atoms with Crippen LogP contribution in [0.5, 0.6) is 0 Å². The van der Waals surface area contributed by atoms with E-state index in [4.69, 9.17) is 4.74 Å². The maximum atomic E-state index is 12.4. The number of benzene rings is 1. The van der Waals surface area contributed by atoms with Crippen molar-refractivity contribution in [1.82, 2.24) is 4.98 Å². The molecule has 0 atom stereocenters. The number of anilines is 2. The maximum absolute atomic E-state index is 12.4. The third-order valence-electron chi connectivity index (χ3n) is 4.68. The van der Waals surface area contributed by atoms with Crippen molar-refractivity contribution in [2.45, 2.75) is 32.3 Å². The summed E-state index contributed by atoms with van der Waals surface area (Å²) in [6.07, 6.45) is 3.23. The van der Waals surface area contributed by atoms with Gasteiger partial charge < -0.3 is 10.1 Å². The van der Waals surface area contributed by atoms with Gasteiger partial charge >= 0.3 is 6.09 Å². The summed E-state index contributed by atoms with van der Waals surface area (Å²) in [5, 5.41) is 16.6. The number of hydrogen-bond acceptors (Lipinski definition) is 6. The van der Waals surface area contributed by atoms with Gasteiger partial charge in [0.25, 0.3) is 11.6 Å². The van der Waals surface area contributed by atoms with Gasteiger partial charge in [-0.1, -0.05) is 13.8 Å². The number of rotatable bonds is 5. The molecule has 1 aliphatic rings. The fraction of sp³-hybridized carbons (Fsp3) is 0.278. The van der Waals surface area contributed by atoms with Crippen LogP contribution in [0.15, 0.2) is 36.7 Å². The number of aromatic nitrogens is 1. The van der Waals surface area contributed by atoms with Crippen LogP contribution in [-0.2, 0) is 10.3 Å². The number of nitrogens with zero attached hydrogens (tertiary/aromatic N) is 2. The average molecular weight is 370 g/mol. The van der Waals surface area contributed by atoms with E-state index in [1.54, 1.807) is 0 Å². The third kappa shape index (κ3) is 3.31. The minimum atomic E-state index is -0.914. The number of cyclic esters (lactones) is 1. The molecule has 0 unspecified atom stereocenters. The Kier molecular flexibility index (Phi) is 4.76. The molecule has 0 bridgehead atoms. The number of carbonyl (C=O) groups is 2. The molecule has 0 spiro atoms. The number of fused-ring (bicyclic) bond motifs is 1. The summed E-state index contributed by atoms with van der Waals surface area (Å²) in [6, 6.07) is 5.76. The van der Waals surface area contributed by atoms with Gasteiger partial charge in [0.1, 0.15) is 11.3 Å². The Labute approximate surface area is 154 Å². The lowest BCUT2D eigenvalue weighted by Crippen LogP contribution is -2.38. The number of nitro benzene ring substituents is 1. The fourth-order valence-electron chi connectivity index (χ4n) is 3.16. The summed E-state index contributed by atoms with van der Waals surface area (Å²) in [7, 11) is 0. The Hall–Kier alpha value is -3.49. The lowest BCUT2D eigenvalue weighted by atomic mass is 9.85. The standard InChI is InChI=1S/C18H18N4O5/c1-3-18(4-2)12-9-14(20-16(23)11-5-7-19-8-6-11)15(22(25)26)10-13(12)21-17(24)27-18/h5-10H,3-4H2,1-2H3,(H,20,23)(H,21,24). The second-order valence-corrected chi connectivity index (χ2v) is 6.08. The highest BCUT2D eigenvalue weighted by Crippen LogP contribution is 2.45. The van der Waals surface area contributed by atoms with Crippen LogP contribution in [0.2, 0.25) is 0 Å². The van der Waals surface area contributed by atoms with Gasteiger partial charge in [-0.2, -0.15) is 0 Å². The zero-order valence-corrected chi connectivity index (χ0v) is 14.8. The van der Waals surface area contributed by atoms with Crippen molar-refractivity contribution in [3.05, 3.63) is 57.9 Å². The summed E-state index contributed by atoms with van der Waals surface area (Å²) in [5.74, 6) is -0.500. The van der Waals surface area contributed by atoms with Crippen molar-refractivity contribution < 1.29 is 19.2 Å². The number of nitro groups is 1. The van der Waals surface area contributed by atoms with Gasteiger partial charge in [0.2, 0.25) is 0 Å². The summed E-state index contributed by atoms with van der Waals surface area (Å²) in [5.41, 5.74) is 0.0132. The Morgan fingerprint density at radius 3 is 2.56 bits per heavy atom. The Morgan fingerprint density at radius 1 is 1.30 bits per heavy atom. The van der Waals surface area contributed by atoms with Gasteiger partial charge in [-0.05, 0) is 31.0 Å². The quantitative estimate of drug-likeness (QED) is 0.609. The first-order chi connectivity index (χ1) is 12.9. The van der Waals surface area contributed by atoms with Gasteiger partial charge in [-0.3, -0.25) is 25.2 Å². The maximum Gasteiger partial charge on any atom is 0.412 e. The van der Waals surface area contributed by atoms with Gasteiger partial charge in [-0.25, -0.2) is 4.79 Å². The monoisotopic (exact) mass is 370 g/mol. The van der Waals surface area contributed by atoms with Crippen molar-refractivity contribution >= 4 is 29.1 Å². The van der Waals surface area contributed by atoms with Gasteiger partial charge in [0.05, 0.1) is 10.6 Å². The zero-order valence-electron chi connectivity index (χ0n) is 14.8. The Bertz CT molecular complexity index is 909. The van der Waals surface area contributed by atoms with Crippen molar-refractivity contribution in [2.75, 3.05) is 10.6 Å². The minimum absolute atomic E-state index is 0.0339. The molecule has 1 aromatic heterocycles. The first-order valence-electron chi connectivity index (χ1n) is 8.44. The van der Waals surface area contributed by atoms with Crippen molar-refractivity contribution in [3.63, 3.8) is 0 Å². The number of pyridine rings is 1. The van der Waals surface area contributed by atoms with E-state index in [9.17, 15) is 19.7 Å². The first kappa shape index (κ1) is 18.3. The van der Waals surface area contributed by atoms with E-state index in [-0.39, 0.29) is 11.4 Å². The normalized spacial score (nSPS) is 14.5. The van der Waals surface area contributed by atoms with Crippen LogP contribution in [0.1, 0.15) is 42.6 Å². The van der Waals surface area contributed by atoms with E-state index in [2.05, 4.69) is 15.6 Å². The molecule has 1 aromatic carbocycles. The van der Waals surface area contributed by atoms with Crippen molar-refractivity contribution in [1.29, 1.82) is 0 Å². The molecular weight excluding hydrogens is 352 g/mol. The summed E-state index contributed by atoms with van der Waals surface area (Å²) in [6.45, 7) is 3.73. The molecule has 0 aliphatic carbocycles. The van der Waals surface area contributed by atoms with Crippen molar-refractivity contribution in [2.24, 2.45) is 0 Å². The predicted molar refractivity (Wildman–Crippen MR) is 97.7 cm³/mol. The molecule has 0 saturated heterocycles. The summed E-state index contributed by atoms with van der Waals surface area (Å²) < 4.78 is 5.50. The molecule has 0 radical (unpaired) electrons. The molecule has 3 rings (SSSR count). The lowest BCUT2D eigenvalue weighted by molar-refractivity contribution is -0.383. The zero-order chi connectivity index (χ0) is 19.6. The molecule has 2 heterocycles. The second-order valence-electron chi connectivity index (χ2n) is 6.08. The molecule has 2 N–H and O–H groups in total. The van der Waals surface area contributed by atoms with E-state index >= 15 is 0 Å². The van der Waals surface area contributed by atoms with E-state index in [1.807, 2.05) is 13.8 Å². The Morgan fingerprint density at radius 2 is 1.96 bits per heavy atom. The van der Waals surface area contributed by atoms with Crippen molar-refractivity contribution in [3.8, 4) is 0 Å².